The van der Waals surface area contributed by atoms with E-state index in [0.29, 0.717) is 27.3 Å². The predicted molar refractivity (Wildman–Crippen MR) is 104 cm³/mol. The molecule has 0 saturated heterocycles. The van der Waals surface area contributed by atoms with Crippen molar-refractivity contribution in [1.29, 1.82) is 0 Å². The van der Waals surface area contributed by atoms with E-state index in [1.54, 1.807) is 30.5 Å². The zero-order chi connectivity index (χ0) is 18.7. The van der Waals surface area contributed by atoms with Crippen LogP contribution in [0, 0.1) is 0 Å². The Bertz CT molecular complexity index is 942. The van der Waals surface area contributed by atoms with Gasteiger partial charge in [0.05, 0.1) is 17.5 Å². The molecule has 1 amide bonds. The molecule has 134 valence electrons. The maximum atomic E-state index is 11.5. The molecule has 0 aliphatic rings. The molecule has 26 heavy (non-hydrogen) atoms. The summed E-state index contributed by atoms with van der Waals surface area (Å²) in [7, 11) is 0. The molecule has 0 fully saturated rings. The SMILES string of the molecule is CC(C)Oc1ccc(C(N)=O)cc1Nc1nc(-c2ccnc(Cl)c2)cs1. The van der Waals surface area contributed by atoms with Crippen LogP contribution in [0.5, 0.6) is 5.75 Å². The van der Waals surface area contributed by atoms with E-state index in [4.69, 9.17) is 22.1 Å². The first kappa shape index (κ1) is 18.2. The lowest BCUT2D eigenvalue weighted by Gasteiger charge is -2.15. The van der Waals surface area contributed by atoms with Crippen molar-refractivity contribution in [3.63, 3.8) is 0 Å². The fraction of sp³-hybridized carbons (Fsp3) is 0.167. The quantitative estimate of drug-likeness (QED) is 0.607. The number of nitrogens with one attached hydrogen (secondary N) is 1. The Morgan fingerprint density at radius 3 is 2.81 bits per heavy atom. The maximum absolute atomic E-state index is 11.5. The standard InChI is InChI=1S/C18H17ClN4O2S/c1-10(2)25-15-4-3-12(17(20)24)7-13(15)22-18-23-14(9-26-18)11-5-6-21-16(19)8-11/h3-10H,1-2H3,(H2,20,24)(H,22,23). The van der Waals surface area contributed by atoms with Crippen molar-refractivity contribution in [2.24, 2.45) is 5.73 Å². The molecule has 0 atom stereocenters. The summed E-state index contributed by atoms with van der Waals surface area (Å²) in [6.45, 7) is 3.86. The highest BCUT2D eigenvalue weighted by Gasteiger charge is 2.12. The molecule has 2 heterocycles. The summed E-state index contributed by atoms with van der Waals surface area (Å²) >= 11 is 7.37. The summed E-state index contributed by atoms with van der Waals surface area (Å²) in [6.07, 6.45) is 1.62. The number of ether oxygens (including phenoxy) is 1. The first-order valence-corrected chi connectivity index (χ1v) is 9.13. The number of pyridine rings is 1. The van der Waals surface area contributed by atoms with Gasteiger partial charge in [0, 0.05) is 22.7 Å². The highest BCUT2D eigenvalue weighted by Crippen LogP contribution is 2.33. The number of amides is 1. The topological polar surface area (TPSA) is 90.1 Å². The Kier molecular flexibility index (Phi) is 5.39. The van der Waals surface area contributed by atoms with Crippen LogP contribution in [-0.4, -0.2) is 22.0 Å². The molecule has 0 saturated carbocycles. The number of aromatic nitrogens is 2. The van der Waals surface area contributed by atoms with Gasteiger partial charge in [-0.05, 0) is 44.2 Å². The van der Waals surface area contributed by atoms with Gasteiger partial charge in [-0.25, -0.2) is 9.97 Å². The second-order valence-corrected chi connectivity index (χ2v) is 7.02. The van der Waals surface area contributed by atoms with E-state index in [1.165, 1.54) is 11.3 Å². The Balaban J connectivity index is 1.90. The van der Waals surface area contributed by atoms with Crippen LogP contribution in [0.1, 0.15) is 24.2 Å². The van der Waals surface area contributed by atoms with Gasteiger partial charge < -0.3 is 15.8 Å². The number of hydrogen-bond donors (Lipinski definition) is 2. The summed E-state index contributed by atoms with van der Waals surface area (Å²) in [5.74, 6) is 0.115. The second kappa shape index (κ2) is 7.72. The van der Waals surface area contributed by atoms with Gasteiger partial charge in [0.25, 0.3) is 0 Å². The third-order valence-electron chi connectivity index (χ3n) is 3.39. The van der Waals surface area contributed by atoms with Crippen LogP contribution in [0.2, 0.25) is 5.15 Å². The van der Waals surface area contributed by atoms with E-state index in [-0.39, 0.29) is 6.10 Å². The van der Waals surface area contributed by atoms with Gasteiger partial charge >= 0.3 is 0 Å². The Morgan fingerprint density at radius 2 is 2.12 bits per heavy atom. The van der Waals surface area contributed by atoms with Crippen LogP contribution in [-0.2, 0) is 0 Å². The number of carbonyl (C=O) groups excluding carboxylic acids is 1. The lowest BCUT2D eigenvalue weighted by atomic mass is 10.1. The van der Waals surface area contributed by atoms with Gasteiger partial charge in [0.1, 0.15) is 10.9 Å². The van der Waals surface area contributed by atoms with Crippen molar-refractivity contribution < 1.29 is 9.53 Å². The smallest absolute Gasteiger partial charge is 0.248 e. The van der Waals surface area contributed by atoms with Crippen LogP contribution < -0.4 is 15.8 Å². The van der Waals surface area contributed by atoms with Gasteiger partial charge in [0.2, 0.25) is 5.91 Å². The first-order valence-electron chi connectivity index (χ1n) is 7.87. The molecule has 0 bridgehead atoms. The van der Waals surface area contributed by atoms with E-state index in [1.807, 2.05) is 25.3 Å². The Hall–Kier alpha value is -2.64. The molecule has 0 spiro atoms. The van der Waals surface area contributed by atoms with E-state index < -0.39 is 5.91 Å². The zero-order valence-electron chi connectivity index (χ0n) is 14.2. The largest absolute Gasteiger partial charge is 0.489 e. The minimum atomic E-state index is -0.504. The van der Waals surface area contributed by atoms with E-state index in [9.17, 15) is 4.79 Å². The lowest BCUT2D eigenvalue weighted by Crippen LogP contribution is -2.12. The third kappa shape index (κ3) is 4.30. The zero-order valence-corrected chi connectivity index (χ0v) is 15.8. The van der Waals surface area contributed by atoms with Gasteiger partial charge in [-0.1, -0.05) is 11.6 Å². The molecule has 0 radical (unpaired) electrons. The minimum Gasteiger partial charge on any atom is -0.489 e. The summed E-state index contributed by atoms with van der Waals surface area (Å²) in [5, 5.41) is 6.18. The average Bonchev–Trinajstić information content (AvgIpc) is 3.04. The molecule has 8 heteroatoms. The van der Waals surface area contributed by atoms with Gasteiger partial charge in [-0.3, -0.25) is 4.79 Å². The summed E-state index contributed by atoms with van der Waals surface area (Å²) in [6, 6.07) is 8.61. The summed E-state index contributed by atoms with van der Waals surface area (Å²) in [5.41, 5.74) is 8.05. The molecule has 0 aliphatic heterocycles. The molecule has 3 aromatic rings. The number of anilines is 2. The average molecular weight is 389 g/mol. The molecule has 2 aromatic heterocycles. The van der Waals surface area contributed by atoms with Crippen LogP contribution in [0.3, 0.4) is 0 Å². The molecular weight excluding hydrogens is 372 g/mol. The summed E-state index contributed by atoms with van der Waals surface area (Å²) in [4.78, 5) is 20.0. The maximum Gasteiger partial charge on any atom is 0.248 e. The van der Waals surface area contributed by atoms with Crippen molar-refractivity contribution in [3.8, 4) is 17.0 Å². The van der Waals surface area contributed by atoms with E-state index in [2.05, 4.69) is 15.3 Å². The number of thiazole rings is 1. The van der Waals surface area contributed by atoms with Gasteiger partial charge in [0.15, 0.2) is 5.13 Å². The number of halogens is 1. The third-order valence-corrected chi connectivity index (χ3v) is 4.36. The minimum absolute atomic E-state index is 0.0132. The Morgan fingerprint density at radius 1 is 1.31 bits per heavy atom. The Labute approximate surface area is 160 Å². The molecule has 3 N–H and O–H groups in total. The molecule has 1 aromatic carbocycles. The number of rotatable bonds is 6. The van der Waals surface area contributed by atoms with Crippen molar-refractivity contribution in [2.45, 2.75) is 20.0 Å². The molecule has 6 nitrogen and oxygen atoms in total. The first-order chi connectivity index (χ1) is 12.4. The summed E-state index contributed by atoms with van der Waals surface area (Å²) < 4.78 is 5.80. The normalized spacial score (nSPS) is 10.8. The predicted octanol–water partition coefficient (Wildman–Crippen LogP) is 4.49. The van der Waals surface area contributed by atoms with E-state index in [0.717, 1.165) is 11.3 Å². The number of primary amides is 1. The van der Waals surface area contributed by atoms with Gasteiger partial charge in [-0.15, -0.1) is 11.3 Å². The van der Waals surface area contributed by atoms with Crippen molar-refractivity contribution in [3.05, 3.63) is 52.6 Å². The van der Waals surface area contributed by atoms with Crippen molar-refractivity contribution in [2.75, 3.05) is 5.32 Å². The molecule has 0 aliphatic carbocycles. The van der Waals surface area contributed by atoms with Crippen LogP contribution >= 0.6 is 22.9 Å². The lowest BCUT2D eigenvalue weighted by molar-refractivity contribution is 0.100. The highest BCUT2D eigenvalue weighted by molar-refractivity contribution is 7.14. The highest BCUT2D eigenvalue weighted by atomic mass is 35.5. The molecule has 0 unspecified atom stereocenters. The van der Waals surface area contributed by atoms with Crippen molar-refractivity contribution >= 4 is 39.7 Å². The van der Waals surface area contributed by atoms with Crippen LogP contribution in [0.25, 0.3) is 11.3 Å². The fourth-order valence-corrected chi connectivity index (χ4v) is 3.18. The monoisotopic (exact) mass is 388 g/mol. The molecular formula is C18H17ClN4O2S. The van der Waals surface area contributed by atoms with Crippen LogP contribution in [0.15, 0.2) is 41.9 Å². The van der Waals surface area contributed by atoms with E-state index >= 15 is 0 Å². The number of hydrogen-bond acceptors (Lipinski definition) is 6. The van der Waals surface area contributed by atoms with Crippen LogP contribution in [0.4, 0.5) is 10.8 Å². The number of benzene rings is 1. The molecule has 3 rings (SSSR count). The number of nitrogens with zero attached hydrogens (tertiary/aromatic N) is 2. The van der Waals surface area contributed by atoms with Crippen molar-refractivity contribution in [1.82, 2.24) is 9.97 Å². The van der Waals surface area contributed by atoms with Gasteiger partial charge in [-0.2, -0.15) is 0 Å². The fourth-order valence-electron chi connectivity index (χ4n) is 2.28. The number of carbonyl (C=O) groups is 1. The number of nitrogens with two attached hydrogens (primary N) is 1. The second-order valence-electron chi connectivity index (χ2n) is 5.77.